The maximum atomic E-state index is 11.8. The Bertz CT molecular complexity index is 359. The lowest BCUT2D eigenvalue weighted by atomic mass is 10.3. The molecule has 0 aliphatic rings. The molecule has 17 heavy (non-hydrogen) atoms. The molecule has 1 N–H and O–H groups in total. The van der Waals surface area contributed by atoms with Crippen LogP contribution in [0.3, 0.4) is 0 Å². The predicted octanol–water partition coefficient (Wildman–Crippen LogP) is 0.820. The van der Waals surface area contributed by atoms with Gasteiger partial charge in [-0.2, -0.15) is 5.10 Å². The Balaban J connectivity index is 2.32. The Labute approximate surface area is 103 Å². The van der Waals surface area contributed by atoms with Gasteiger partial charge in [-0.3, -0.25) is 9.48 Å². The Morgan fingerprint density at radius 3 is 2.82 bits per heavy atom. The number of carbonyl (C=O) groups is 1. The molecule has 1 atom stereocenters. The first-order valence-electron chi connectivity index (χ1n) is 5.95. The van der Waals surface area contributed by atoms with Crippen LogP contribution in [0, 0.1) is 6.92 Å². The van der Waals surface area contributed by atoms with Gasteiger partial charge in [0.2, 0.25) is 5.91 Å². The summed E-state index contributed by atoms with van der Waals surface area (Å²) in [6, 6.07) is 1.65. The number of amides is 1. The molecule has 0 aromatic carbocycles. The van der Waals surface area contributed by atoms with Gasteiger partial charge in [0.25, 0.3) is 0 Å². The van der Waals surface area contributed by atoms with Crippen molar-refractivity contribution in [2.75, 3.05) is 27.2 Å². The molecule has 96 valence electrons. The maximum absolute atomic E-state index is 11.8. The van der Waals surface area contributed by atoms with Crippen LogP contribution in [0.1, 0.15) is 25.1 Å². The fourth-order valence-corrected chi connectivity index (χ4v) is 1.52. The van der Waals surface area contributed by atoms with E-state index in [2.05, 4.69) is 15.3 Å². The van der Waals surface area contributed by atoms with E-state index in [0.29, 0.717) is 6.54 Å². The fraction of sp³-hybridized carbons (Fsp3) is 0.667. The van der Waals surface area contributed by atoms with Gasteiger partial charge in [-0.05, 0) is 47.0 Å². The number of hydrogen-bond donors (Lipinski definition) is 1. The lowest BCUT2D eigenvalue weighted by Crippen LogP contribution is -2.33. The topological polar surface area (TPSA) is 50.2 Å². The first-order valence-corrected chi connectivity index (χ1v) is 5.95. The molecule has 1 aromatic heterocycles. The summed E-state index contributed by atoms with van der Waals surface area (Å²) in [6.07, 6.45) is 2.79. The fourth-order valence-electron chi connectivity index (χ4n) is 1.52. The van der Waals surface area contributed by atoms with Crippen LogP contribution < -0.4 is 5.32 Å². The van der Waals surface area contributed by atoms with Crippen LogP contribution in [0.15, 0.2) is 12.3 Å². The second-order valence-corrected chi connectivity index (χ2v) is 4.56. The second-order valence-electron chi connectivity index (χ2n) is 4.56. The molecular formula is C12H22N4O. The molecule has 0 spiro atoms. The standard InChI is InChI=1S/C12H22N4O/c1-10-6-9-16(14-10)11(2)12(17)13-7-5-8-15(3)4/h6,9,11H,5,7-8H2,1-4H3,(H,13,17). The van der Waals surface area contributed by atoms with Crippen LogP contribution in [0.25, 0.3) is 0 Å². The molecule has 1 heterocycles. The smallest absolute Gasteiger partial charge is 0.244 e. The minimum absolute atomic E-state index is 0.0202. The molecule has 0 radical (unpaired) electrons. The van der Waals surface area contributed by atoms with Crippen molar-refractivity contribution in [1.29, 1.82) is 0 Å². The first kappa shape index (κ1) is 13.7. The third kappa shape index (κ3) is 4.56. The number of carbonyl (C=O) groups excluding carboxylic acids is 1. The van der Waals surface area contributed by atoms with Gasteiger partial charge in [0, 0.05) is 12.7 Å². The highest BCUT2D eigenvalue weighted by atomic mass is 16.2. The van der Waals surface area contributed by atoms with Crippen LogP contribution in [0.2, 0.25) is 0 Å². The third-order valence-electron chi connectivity index (χ3n) is 2.60. The van der Waals surface area contributed by atoms with Gasteiger partial charge >= 0.3 is 0 Å². The van der Waals surface area contributed by atoms with Gasteiger partial charge in [-0.15, -0.1) is 0 Å². The summed E-state index contributed by atoms with van der Waals surface area (Å²) in [6.45, 7) is 5.46. The third-order valence-corrected chi connectivity index (χ3v) is 2.60. The van der Waals surface area contributed by atoms with Crippen LogP contribution in [0.4, 0.5) is 0 Å². The average molecular weight is 238 g/mol. The van der Waals surface area contributed by atoms with Gasteiger partial charge in [-0.25, -0.2) is 0 Å². The molecule has 0 saturated heterocycles. The number of aryl methyl sites for hydroxylation is 1. The van der Waals surface area contributed by atoms with E-state index in [1.165, 1.54) is 0 Å². The highest BCUT2D eigenvalue weighted by molar-refractivity contribution is 5.79. The van der Waals surface area contributed by atoms with Crippen molar-refractivity contribution in [3.63, 3.8) is 0 Å². The molecule has 0 bridgehead atoms. The van der Waals surface area contributed by atoms with E-state index in [9.17, 15) is 4.79 Å². The van der Waals surface area contributed by atoms with Crippen LogP contribution in [-0.4, -0.2) is 47.8 Å². The summed E-state index contributed by atoms with van der Waals surface area (Å²) in [5.74, 6) is 0.0202. The van der Waals surface area contributed by atoms with Crippen molar-refractivity contribution in [2.45, 2.75) is 26.3 Å². The van der Waals surface area contributed by atoms with E-state index < -0.39 is 0 Å². The van der Waals surface area contributed by atoms with Crippen molar-refractivity contribution < 1.29 is 4.79 Å². The highest BCUT2D eigenvalue weighted by Gasteiger charge is 2.14. The maximum Gasteiger partial charge on any atom is 0.244 e. The Kier molecular flexibility index (Phi) is 5.15. The van der Waals surface area contributed by atoms with Gasteiger partial charge in [0.1, 0.15) is 6.04 Å². The zero-order valence-electron chi connectivity index (χ0n) is 11.1. The lowest BCUT2D eigenvalue weighted by molar-refractivity contribution is -0.124. The summed E-state index contributed by atoms with van der Waals surface area (Å²) >= 11 is 0. The monoisotopic (exact) mass is 238 g/mol. The highest BCUT2D eigenvalue weighted by Crippen LogP contribution is 2.05. The van der Waals surface area contributed by atoms with E-state index in [1.807, 2.05) is 40.2 Å². The summed E-state index contributed by atoms with van der Waals surface area (Å²) in [4.78, 5) is 13.9. The van der Waals surface area contributed by atoms with Gasteiger partial charge in [-0.1, -0.05) is 0 Å². The number of nitrogens with zero attached hydrogens (tertiary/aromatic N) is 3. The van der Waals surface area contributed by atoms with Crippen molar-refractivity contribution in [3.05, 3.63) is 18.0 Å². The largest absolute Gasteiger partial charge is 0.354 e. The van der Waals surface area contributed by atoms with E-state index in [1.54, 1.807) is 4.68 Å². The van der Waals surface area contributed by atoms with Gasteiger partial charge in [0.05, 0.1) is 5.69 Å². The zero-order valence-corrected chi connectivity index (χ0v) is 11.1. The molecular weight excluding hydrogens is 216 g/mol. The Morgan fingerprint density at radius 1 is 1.59 bits per heavy atom. The summed E-state index contributed by atoms with van der Waals surface area (Å²) < 4.78 is 1.69. The van der Waals surface area contributed by atoms with Crippen LogP contribution in [0.5, 0.6) is 0 Å². The molecule has 1 unspecified atom stereocenters. The minimum Gasteiger partial charge on any atom is -0.354 e. The van der Waals surface area contributed by atoms with Crippen molar-refractivity contribution in [1.82, 2.24) is 20.0 Å². The zero-order chi connectivity index (χ0) is 12.8. The molecule has 0 aliphatic heterocycles. The van der Waals surface area contributed by atoms with Crippen LogP contribution >= 0.6 is 0 Å². The quantitative estimate of drug-likeness (QED) is 0.747. The molecule has 1 amide bonds. The molecule has 0 fully saturated rings. The van der Waals surface area contributed by atoms with Gasteiger partial charge < -0.3 is 10.2 Å². The molecule has 0 aliphatic carbocycles. The number of aromatic nitrogens is 2. The molecule has 5 nitrogen and oxygen atoms in total. The summed E-state index contributed by atoms with van der Waals surface area (Å²) in [7, 11) is 4.05. The molecule has 1 aromatic rings. The summed E-state index contributed by atoms with van der Waals surface area (Å²) in [5.41, 5.74) is 0.928. The second kappa shape index (κ2) is 6.39. The Morgan fingerprint density at radius 2 is 2.29 bits per heavy atom. The van der Waals surface area contributed by atoms with Crippen molar-refractivity contribution in [3.8, 4) is 0 Å². The molecule has 1 rings (SSSR count). The van der Waals surface area contributed by atoms with E-state index >= 15 is 0 Å². The molecule has 0 saturated carbocycles. The van der Waals surface area contributed by atoms with E-state index in [-0.39, 0.29) is 11.9 Å². The van der Waals surface area contributed by atoms with Gasteiger partial charge in [0.15, 0.2) is 0 Å². The van der Waals surface area contributed by atoms with E-state index in [0.717, 1.165) is 18.7 Å². The van der Waals surface area contributed by atoms with Crippen molar-refractivity contribution in [2.24, 2.45) is 0 Å². The first-order chi connectivity index (χ1) is 8.00. The molecule has 5 heteroatoms. The minimum atomic E-state index is -0.247. The van der Waals surface area contributed by atoms with Crippen molar-refractivity contribution >= 4 is 5.91 Å². The SMILES string of the molecule is Cc1ccn(C(C)C(=O)NCCCN(C)C)n1. The normalized spacial score (nSPS) is 12.8. The Hall–Kier alpha value is -1.36. The average Bonchev–Trinajstić information content (AvgIpc) is 2.69. The number of rotatable bonds is 6. The number of nitrogens with one attached hydrogen (secondary N) is 1. The lowest BCUT2D eigenvalue weighted by Gasteiger charge is -2.14. The summed E-state index contributed by atoms with van der Waals surface area (Å²) in [5, 5.41) is 7.15. The van der Waals surface area contributed by atoms with E-state index in [4.69, 9.17) is 0 Å². The predicted molar refractivity (Wildman–Crippen MR) is 67.9 cm³/mol. The van der Waals surface area contributed by atoms with Crippen LogP contribution in [-0.2, 0) is 4.79 Å². The number of hydrogen-bond acceptors (Lipinski definition) is 3.